The number of hydrogen-bond donors (Lipinski definition) is 1. The van der Waals surface area contributed by atoms with Crippen molar-refractivity contribution in [3.8, 4) is 5.75 Å². The van der Waals surface area contributed by atoms with Gasteiger partial charge in [-0.3, -0.25) is 8.51 Å². The summed E-state index contributed by atoms with van der Waals surface area (Å²) in [7, 11) is 0. The summed E-state index contributed by atoms with van der Waals surface area (Å²) in [6.45, 7) is 4.69. The lowest BCUT2D eigenvalue weighted by Gasteiger charge is -2.41. The smallest absolute Gasteiger partial charge is 0.341 e. The number of carboxylic acids is 1. The van der Waals surface area contributed by atoms with E-state index in [2.05, 4.69) is 4.90 Å². The third-order valence-corrected chi connectivity index (χ3v) is 7.26. The molecule has 9 heteroatoms. The van der Waals surface area contributed by atoms with Gasteiger partial charge in [0.1, 0.15) is 17.1 Å². The summed E-state index contributed by atoms with van der Waals surface area (Å²) >= 11 is -2.82. The van der Waals surface area contributed by atoms with Crippen molar-refractivity contribution >= 4 is 28.6 Å². The number of halogens is 1. The first kappa shape index (κ1) is 20.4. The van der Waals surface area contributed by atoms with Gasteiger partial charge in [0, 0.05) is 24.9 Å². The maximum absolute atomic E-state index is 14.1. The fourth-order valence-corrected chi connectivity index (χ4v) is 5.41. The number of rotatable bonds is 6. The SMILES string of the molecule is CCN1CC(c2cc(F)ccc2N(c2ccc3c(c2C(=O)O)OCC2CC32)S(=O)[O-])C1. The Kier molecular flexibility index (Phi) is 4.99. The minimum absolute atomic E-state index is 0.00165. The van der Waals surface area contributed by atoms with Gasteiger partial charge >= 0.3 is 5.97 Å². The fourth-order valence-electron chi connectivity index (χ4n) is 4.77. The second kappa shape index (κ2) is 7.58. The maximum atomic E-state index is 14.1. The topological polar surface area (TPSA) is 93.1 Å². The molecule has 2 aliphatic heterocycles. The van der Waals surface area contributed by atoms with Crippen molar-refractivity contribution in [2.75, 3.05) is 30.5 Å². The van der Waals surface area contributed by atoms with Gasteiger partial charge in [0.05, 0.1) is 29.2 Å². The summed E-state index contributed by atoms with van der Waals surface area (Å²) in [6.07, 6.45) is 0.945. The molecule has 5 rings (SSSR count). The molecule has 1 saturated heterocycles. The van der Waals surface area contributed by atoms with Gasteiger partial charge in [-0.15, -0.1) is 0 Å². The van der Waals surface area contributed by atoms with Crippen LogP contribution in [0.15, 0.2) is 30.3 Å². The predicted octanol–water partition coefficient (Wildman–Crippen LogP) is 3.37. The highest BCUT2D eigenvalue weighted by atomic mass is 32.2. The lowest BCUT2D eigenvalue weighted by Crippen LogP contribution is -2.45. The van der Waals surface area contributed by atoms with E-state index >= 15 is 0 Å². The van der Waals surface area contributed by atoms with Crippen LogP contribution in [0.2, 0.25) is 0 Å². The Morgan fingerprint density at radius 1 is 1.29 bits per heavy atom. The normalized spacial score (nSPS) is 23.2. The van der Waals surface area contributed by atoms with E-state index in [-0.39, 0.29) is 34.5 Å². The summed E-state index contributed by atoms with van der Waals surface area (Å²) in [5, 5.41) is 9.97. The number of likely N-dealkylation sites (N-methyl/N-ethyl adjacent to an activating group) is 1. The minimum atomic E-state index is -2.82. The molecule has 7 nitrogen and oxygen atoms in total. The average molecular weight is 445 g/mol. The van der Waals surface area contributed by atoms with Crippen molar-refractivity contribution in [1.29, 1.82) is 0 Å². The molecule has 0 spiro atoms. The van der Waals surface area contributed by atoms with Crippen LogP contribution in [0.3, 0.4) is 0 Å². The highest BCUT2D eigenvalue weighted by Gasteiger charge is 2.46. The molecule has 3 atom stereocenters. The monoisotopic (exact) mass is 445 g/mol. The van der Waals surface area contributed by atoms with E-state index in [0.29, 0.717) is 31.2 Å². The number of fused-ring (bicyclic) bond motifs is 3. The number of nitrogens with zero attached hydrogens (tertiary/aromatic N) is 2. The lowest BCUT2D eigenvalue weighted by atomic mass is 9.89. The average Bonchev–Trinajstić information content (AvgIpc) is 3.48. The number of carboxylic acid groups (broad SMARTS) is 1. The van der Waals surface area contributed by atoms with E-state index in [4.69, 9.17) is 4.74 Å². The number of benzene rings is 2. The van der Waals surface area contributed by atoms with Gasteiger partial charge in [-0.2, -0.15) is 0 Å². The first-order chi connectivity index (χ1) is 14.9. The molecule has 164 valence electrons. The van der Waals surface area contributed by atoms with Gasteiger partial charge in [-0.25, -0.2) is 9.18 Å². The summed E-state index contributed by atoms with van der Waals surface area (Å²) in [4.78, 5) is 14.4. The molecule has 2 heterocycles. The Bertz CT molecular complexity index is 1090. The Labute approximate surface area is 181 Å². The largest absolute Gasteiger partial charge is 0.755 e. The number of carbonyl (C=O) groups is 1. The van der Waals surface area contributed by atoms with Crippen LogP contribution in [0.4, 0.5) is 15.8 Å². The zero-order chi connectivity index (χ0) is 21.9. The third-order valence-electron chi connectivity index (χ3n) is 6.56. The van der Waals surface area contributed by atoms with Crippen LogP contribution in [0, 0.1) is 11.7 Å². The van der Waals surface area contributed by atoms with Crippen molar-refractivity contribution < 1.29 is 27.8 Å². The second-order valence-corrected chi connectivity index (χ2v) is 9.16. The molecule has 2 aromatic rings. The lowest BCUT2D eigenvalue weighted by molar-refractivity contribution is 0.0692. The molecule has 0 bridgehead atoms. The Hall–Kier alpha value is -2.49. The second-order valence-electron chi connectivity index (χ2n) is 8.36. The summed E-state index contributed by atoms with van der Waals surface area (Å²) in [5.41, 5.74) is 1.44. The predicted molar refractivity (Wildman–Crippen MR) is 112 cm³/mol. The van der Waals surface area contributed by atoms with E-state index in [1.807, 2.05) is 6.92 Å². The first-order valence-electron chi connectivity index (χ1n) is 10.3. The minimum Gasteiger partial charge on any atom is -0.755 e. The maximum Gasteiger partial charge on any atom is 0.341 e. The molecular weight excluding hydrogens is 423 g/mol. The molecule has 2 fully saturated rings. The third kappa shape index (κ3) is 3.40. The Balaban J connectivity index is 1.64. The van der Waals surface area contributed by atoms with Crippen LogP contribution >= 0.6 is 0 Å². The van der Waals surface area contributed by atoms with E-state index in [9.17, 15) is 23.1 Å². The summed E-state index contributed by atoms with van der Waals surface area (Å²) < 4.78 is 45.6. The van der Waals surface area contributed by atoms with Crippen LogP contribution in [0.25, 0.3) is 0 Å². The molecule has 2 aromatic carbocycles. The Morgan fingerprint density at radius 2 is 2.03 bits per heavy atom. The van der Waals surface area contributed by atoms with Crippen molar-refractivity contribution in [2.24, 2.45) is 5.92 Å². The van der Waals surface area contributed by atoms with Gasteiger partial charge in [0.25, 0.3) is 0 Å². The molecule has 1 saturated carbocycles. The molecule has 3 unspecified atom stereocenters. The van der Waals surface area contributed by atoms with E-state index in [1.54, 1.807) is 6.07 Å². The van der Waals surface area contributed by atoms with Crippen molar-refractivity contribution in [3.05, 3.63) is 52.8 Å². The molecule has 1 N–H and O–H groups in total. The zero-order valence-corrected chi connectivity index (χ0v) is 17.7. The van der Waals surface area contributed by atoms with E-state index < -0.39 is 23.1 Å². The fraction of sp³-hybridized carbons (Fsp3) is 0.409. The van der Waals surface area contributed by atoms with Crippen molar-refractivity contribution in [3.63, 3.8) is 0 Å². The number of likely N-dealkylation sites (tertiary alicyclic amines) is 1. The van der Waals surface area contributed by atoms with Crippen LogP contribution in [0.1, 0.15) is 46.7 Å². The standard InChI is InChI=1S/C22H23FN2O5S/c1-2-24-9-13(10-24)17-8-14(23)3-5-18(17)25(31(28)29)19-6-4-15-16-7-12(16)11-30-21(15)20(19)22(26)27/h3-6,8,12-13,16H,2,7,9-11H2,1H3,(H,26,27)(H,28,29)/p-1. The number of hydrogen-bond acceptors (Lipinski definition) is 5. The number of ether oxygens (including phenoxy) is 1. The first-order valence-corrected chi connectivity index (χ1v) is 11.4. The van der Waals surface area contributed by atoms with Crippen molar-refractivity contribution in [1.82, 2.24) is 4.90 Å². The molecular formula is C22H22FN2O5S-. The molecule has 0 radical (unpaired) electrons. The van der Waals surface area contributed by atoms with Gasteiger partial charge in [-0.05, 0) is 54.3 Å². The van der Waals surface area contributed by atoms with Crippen LogP contribution in [0.5, 0.6) is 5.75 Å². The molecule has 1 aliphatic carbocycles. The van der Waals surface area contributed by atoms with Crippen molar-refractivity contribution in [2.45, 2.75) is 25.2 Å². The zero-order valence-electron chi connectivity index (χ0n) is 16.9. The summed E-state index contributed by atoms with van der Waals surface area (Å²) in [5.74, 6) is -0.856. The van der Waals surface area contributed by atoms with E-state index in [0.717, 1.165) is 22.8 Å². The van der Waals surface area contributed by atoms with E-state index in [1.165, 1.54) is 24.3 Å². The van der Waals surface area contributed by atoms with Gasteiger partial charge < -0.3 is 19.3 Å². The molecule has 0 amide bonds. The van der Waals surface area contributed by atoms with Gasteiger partial charge in [0.2, 0.25) is 0 Å². The molecule has 31 heavy (non-hydrogen) atoms. The number of aromatic carboxylic acids is 1. The van der Waals surface area contributed by atoms with Gasteiger partial charge in [0.15, 0.2) is 0 Å². The molecule has 0 aromatic heterocycles. The highest BCUT2D eigenvalue weighted by Crippen LogP contribution is 2.56. The van der Waals surface area contributed by atoms with Gasteiger partial charge in [-0.1, -0.05) is 13.0 Å². The highest BCUT2D eigenvalue weighted by molar-refractivity contribution is 7.81. The molecule has 3 aliphatic rings. The van der Waals surface area contributed by atoms with Crippen LogP contribution in [-0.4, -0.2) is 51.0 Å². The number of anilines is 2. The van der Waals surface area contributed by atoms with Crippen LogP contribution < -0.4 is 9.04 Å². The van der Waals surface area contributed by atoms with Crippen LogP contribution in [-0.2, 0) is 11.3 Å². The quantitative estimate of drug-likeness (QED) is 0.686. The summed E-state index contributed by atoms with van der Waals surface area (Å²) in [6, 6.07) is 7.22. The Morgan fingerprint density at radius 3 is 2.71 bits per heavy atom.